The van der Waals surface area contributed by atoms with E-state index < -0.39 is 12.1 Å². The molecule has 1 saturated heterocycles. The normalized spacial score (nSPS) is 17.8. The van der Waals surface area contributed by atoms with E-state index in [1.807, 2.05) is 38.1 Å². The summed E-state index contributed by atoms with van der Waals surface area (Å²) in [6.07, 6.45) is 1.12. The molecule has 4 N–H and O–H groups in total. The number of aromatic nitrogens is 1. The van der Waals surface area contributed by atoms with Crippen LogP contribution in [0.25, 0.3) is 10.9 Å². The van der Waals surface area contributed by atoms with Gasteiger partial charge in [0.15, 0.2) is 0 Å². The van der Waals surface area contributed by atoms with E-state index in [2.05, 4.69) is 21.0 Å². The third-order valence-corrected chi connectivity index (χ3v) is 4.88. The lowest BCUT2D eigenvalue weighted by atomic mass is 10.0. The van der Waals surface area contributed by atoms with E-state index in [9.17, 15) is 14.4 Å². The Morgan fingerprint density at radius 3 is 2.68 bits per heavy atom. The van der Waals surface area contributed by atoms with Gasteiger partial charge in [0.25, 0.3) is 11.8 Å². The molecule has 0 spiro atoms. The van der Waals surface area contributed by atoms with Crippen molar-refractivity contribution in [3.63, 3.8) is 0 Å². The van der Waals surface area contributed by atoms with Crippen molar-refractivity contribution in [3.8, 4) is 0 Å². The van der Waals surface area contributed by atoms with E-state index >= 15 is 0 Å². The smallest absolute Gasteiger partial charge is 0.268 e. The summed E-state index contributed by atoms with van der Waals surface area (Å²) in [5.41, 5.74) is 4.02. The molecule has 150 valence electrons. The Balaban J connectivity index is 1.69. The number of rotatable bonds is 7. The molecule has 1 aliphatic heterocycles. The second-order valence-electron chi connectivity index (χ2n) is 7.61. The minimum atomic E-state index is -0.703. The summed E-state index contributed by atoms with van der Waals surface area (Å²) in [5, 5.41) is 8.02. The summed E-state index contributed by atoms with van der Waals surface area (Å²) in [5.74, 6) is -0.567. The van der Waals surface area contributed by atoms with Gasteiger partial charge >= 0.3 is 0 Å². The first-order chi connectivity index (χ1) is 13.3. The maximum atomic E-state index is 12.8. The highest BCUT2D eigenvalue weighted by molar-refractivity contribution is 6.00. The number of likely N-dealkylation sites (N-methyl/N-ethyl adjacent to an activating group) is 1. The number of aromatic amines is 1. The van der Waals surface area contributed by atoms with Crippen molar-refractivity contribution in [3.05, 3.63) is 36.0 Å². The number of carbonyl (C=O) groups excluding carboxylic acids is 3. The molecule has 1 aromatic carbocycles. The van der Waals surface area contributed by atoms with Crippen molar-refractivity contribution < 1.29 is 14.4 Å². The zero-order chi connectivity index (χ0) is 20.3. The van der Waals surface area contributed by atoms with E-state index in [0.717, 1.165) is 10.9 Å². The monoisotopic (exact) mass is 385 g/mol. The van der Waals surface area contributed by atoms with Crippen LogP contribution in [0.5, 0.6) is 0 Å². The second kappa shape index (κ2) is 8.43. The predicted molar refractivity (Wildman–Crippen MR) is 106 cm³/mol. The molecule has 1 aromatic heterocycles. The zero-order valence-corrected chi connectivity index (χ0v) is 16.4. The SMILES string of the molecule is CC(C)C[C@H](NC(=O)c1cc2ccccc2[nH]1)C(=O)NN(C)C1CCNC1=O. The summed E-state index contributed by atoms with van der Waals surface area (Å²) in [4.78, 5) is 40.4. The Morgan fingerprint density at radius 1 is 1.29 bits per heavy atom. The average Bonchev–Trinajstić information content (AvgIpc) is 3.26. The Morgan fingerprint density at radius 2 is 2.04 bits per heavy atom. The Kier molecular flexibility index (Phi) is 5.99. The molecule has 2 heterocycles. The Bertz CT molecular complexity index is 843. The first kappa shape index (κ1) is 19.9. The van der Waals surface area contributed by atoms with Gasteiger partial charge in [-0.15, -0.1) is 0 Å². The van der Waals surface area contributed by atoms with Crippen molar-refractivity contribution in [2.24, 2.45) is 5.92 Å². The fourth-order valence-electron chi connectivity index (χ4n) is 3.41. The highest BCUT2D eigenvalue weighted by atomic mass is 16.2. The van der Waals surface area contributed by atoms with E-state index in [1.54, 1.807) is 13.1 Å². The molecular formula is C20H27N5O3. The fraction of sp³-hybridized carbons (Fsp3) is 0.450. The Labute approximate surface area is 164 Å². The number of amides is 3. The molecule has 0 bridgehead atoms. The van der Waals surface area contributed by atoms with Crippen molar-refractivity contribution in [1.29, 1.82) is 0 Å². The molecule has 0 saturated carbocycles. The highest BCUT2D eigenvalue weighted by Gasteiger charge is 2.31. The molecule has 1 aliphatic rings. The third-order valence-electron chi connectivity index (χ3n) is 4.88. The number of hydrogen-bond donors (Lipinski definition) is 4. The molecule has 0 aliphatic carbocycles. The molecule has 2 atom stereocenters. The van der Waals surface area contributed by atoms with Crippen LogP contribution in [0.4, 0.5) is 0 Å². The van der Waals surface area contributed by atoms with Crippen LogP contribution >= 0.6 is 0 Å². The van der Waals surface area contributed by atoms with E-state index in [4.69, 9.17) is 0 Å². The van der Waals surface area contributed by atoms with Gasteiger partial charge in [0, 0.05) is 24.5 Å². The van der Waals surface area contributed by atoms with Crippen LogP contribution in [0, 0.1) is 5.92 Å². The van der Waals surface area contributed by atoms with Crippen LogP contribution in [0.2, 0.25) is 0 Å². The fourth-order valence-corrected chi connectivity index (χ4v) is 3.41. The molecule has 8 nitrogen and oxygen atoms in total. The van der Waals surface area contributed by atoms with Crippen LogP contribution in [-0.2, 0) is 9.59 Å². The average molecular weight is 385 g/mol. The van der Waals surface area contributed by atoms with Gasteiger partial charge in [0.1, 0.15) is 17.8 Å². The molecule has 28 heavy (non-hydrogen) atoms. The highest BCUT2D eigenvalue weighted by Crippen LogP contribution is 2.15. The van der Waals surface area contributed by atoms with Gasteiger partial charge in [0.05, 0.1) is 0 Å². The third kappa shape index (κ3) is 4.51. The maximum absolute atomic E-state index is 12.8. The standard InChI is InChI=1S/C20H27N5O3/c1-12(2)10-15(19(27)24-25(3)17-8-9-21-20(17)28)23-18(26)16-11-13-6-4-5-7-14(13)22-16/h4-7,11-12,15,17,22H,8-10H2,1-3H3,(H,21,28)(H,23,26)(H,24,27)/t15-,17?/m0/s1. The zero-order valence-electron chi connectivity index (χ0n) is 16.4. The molecule has 0 radical (unpaired) electrons. The second-order valence-corrected chi connectivity index (χ2v) is 7.61. The number of fused-ring (bicyclic) bond motifs is 1. The molecular weight excluding hydrogens is 358 g/mol. The van der Waals surface area contributed by atoms with Gasteiger partial charge in [-0.05, 0) is 30.9 Å². The summed E-state index contributed by atoms with van der Waals surface area (Å²) in [6.45, 7) is 4.57. The van der Waals surface area contributed by atoms with Gasteiger partial charge in [-0.2, -0.15) is 0 Å². The van der Waals surface area contributed by atoms with Crippen molar-refractivity contribution in [2.75, 3.05) is 13.6 Å². The molecule has 1 fully saturated rings. The van der Waals surface area contributed by atoms with Crippen LogP contribution in [0.1, 0.15) is 37.2 Å². The lowest BCUT2D eigenvalue weighted by molar-refractivity contribution is -0.131. The summed E-state index contributed by atoms with van der Waals surface area (Å²) in [7, 11) is 1.67. The summed E-state index contributed by atoms with van der Waals surface area (Å²) >= 11 is 0. The number of hydrogen-bond acceptors (Lipinski definition) is 4. The minimum absolute atomic E-state index is 0.106. The molecule has 1 unspecified atom stereocenters. The first-order valence-electron chi connectivity index (χ1n) is 9.55. The van der Waals surface area contributed by atoms with Crippen molar-refractivity contribution in [2.45, 2.75) is 38.8 Å². The van der Waals surface area contributed by atoms with Crippen molar-refractivity contribution >= 4 is 28.6 Å². The number of nitrogens with one attached hydrogen (secondary N) is 4. The first-order valence-corrected chi connectivity index (χ1v) is 9.55. The van der Waals surface area contributed by atoms with Gasteiger partial charge < -0.3 is 15.6 Å². The molecule has 8 heteroatoms. The molecule has 3 amide bonds. The van der Waals surface area contributed by atoms with Gasteiger partial charge in [-0.25, -0.2) is 5.01 Å². The number of nitrogens with zero attached hydrogens (tertiary/aromatic N) is 1. The van der Waals surface area contributed by atoms with Crippen LogP contribution < -0.4 is 16.1 Å². The van der Waals surface area contributed by atoms with Gasteiger partial charge in [0.2, 0.25) is 5.91 Å². The Hall–Kier alpha value is -2.87. The van der Waals surface area contributed by atoms with Crippen LogP contribution in [0.3, 0.4) is 0 Å². The number of carbonyl (C=O) groups is 3. The van der Waals surface area contributed by atoms with Gasteiger partial charge in [-0.1, -0.05) is 32.0 Å². The number of benzene rings is 1. The lowest BCUT2D eigenvalue weighted by Gasteiger charge is -2.26. The van der Waals surface area contributed by atoms with Crippen molar-refractivity contribution in [1.82, 2.24) is 26.1 Å². The minimum Gasteiger partial charge on any atom is -0.355 e. The summed E-state index contributed by atoms with van der Waals surface area (Å²) in [6, 6.07) is 8.28. The number of para-hydroxylation sites is 1. The number of hydrazine groups is 1. The lowest BCUT2D eigenvalue weighted by Crippen LogP contribution is -2.55. The van der Waals surface area contributed by atoms with E-state index in [0.29, 0.717) is 25.1 Å². The topological polar surface area (TPSA) is 106 Å². The molecule has 2 aromatic rings. The van der Waals surface area contributed by atoms with Crippen LogP contribution in [0.15, 0.2) is 30.3 Å². The van der Waals surface area contributed by atoms with E-state index in [-0.39, 0.29) is 23.6 Å². The molecule has 3 rings (SSSR count). The quantitative estimate of drug-likeness (QED) is 0.537. The summed E-state index contributed by atoms with van der Waals surface area (Å²) < 4.78 is 0. The van der Waals surface area contributed by atoms with Gasteiger partial charge in [-0.3, -0.25) is 19.8 Å². The maximum Gasteiger partial charge on any atom is 0.268 e. The number of H-pyrrole nitrogens is 1. The predicted octanol–water partition coefficient (Wildman–Crippen LogP) is 1.16. The van der Waals surface area contributed by atoms with Crippen LogP contribution in [-0.4, -0.2) is 53.4 Å². The van der Waals surface area contributed by atoms with E-state index in [1.165, 1.54) is 5.01 Å². The largest absolute Gasteiger partial charge is 0.355 e.